The second-order valence-electron chi connectivity index (χ2n) is 8.76. The molecule has 4 aliphatic rings. The number of carbonyl (C=O) groups is 1. The summed E-state index contributed by atoms with van der Waals surface area (Å²) in [5.74, 6) is 2.59. The van der Waals surface area contributed by atoms with E-state index < -0.39 is 5.69 Å². The number of carbonyl (C=O) groups excluding carboxylic acids is 1. The van der Waals surface area contributed by atoms with E-state index in [4.69, 9.17) is 9.47 Å². The normalized spacial score (nSPS) is 32.1. The molecule has 0 radical (unpaired) electrons. The van der Waals surface area contributed by atoms with Gasteiger partial charge in [-0.15, -0.1) is 0 Å². The summed E-state index contributed by atoms with van der Waals surface area (Å²) in [6.07, 6.45) is 8.08. The van der Waals surface area contributed by atoms with Crippen molar-refractivity contribution >= 4 is 5.91 Å². The topological polar surface area (TPSA) is 93.3 Å². The quantitative estimate of drug-likeness (QED) is 0.763. The Balaban J connectivity index is 1.35. The fourth-order valence-electron chi connectivity index (χ4n) is 5.59. The van der Waals surface area contributed by atoms with Gasteiger partial charge in [0, 0.05) is 5.54 Å². The number of ether oxygens (including phenoxy) is 2. The van der Waals surface area contributed by atoms with Gasteiger partial charge in [0.1, 0.15) is 0 Å². The standard InChI is InChI=1S/C20H29N3O4/c1-3-12(2)27-18-7-17(21-19(25)22-18)26-11-16(24)23-20-8-13-4-14(9-20)6-15(5-13)10-20/h7,12-15H,3-6,8-11H2,1-2H3,(H,23,24)(H,21,22,25). The smallest absolute Gasteiger partial charge is 0.351 e. The lowest BCUT2D eigenvalue weighted by Crippen LogP contribution is -2.60. The summed E-state index contributed by atoms with van der Waals surface area (Å²) in [4.78, 5) is 30.5. The van der Waals surface area contributed by atoms with E-state index in [9.17, 15) is 9.59 Å². The van der Waals surface area contributed by atoms with Crippen LogP contribution in [-0.4, -0.2) is 34.1 Å². The Morgan fingerprint density at radius 2 is 1.93 bits per heavy atom. The zero-order valence-corrected chi connectivity index (χ0v) is 16.1. The van der Waals surface area contributed by atoms with Crippen molar-refractivity contribution in [1.29, 1.82) is 0 Å². The Morgan fingerprint density at radius 1 is 1.30 bits per heavy atom. The van der Waals surface area contributed by atoms with Gasteiger partial charge < -0.3 is 14.8 Å². The minimum absolute atomic E-state index is 0.0321. The highest BCUT2D eigenvalue weighted by Crippen LogP contribution is 2.55. The molecule has 0 spiro atoms. The van der Waals surface area contributed by atoms with Gasteiger partial charge in [0.2, 0.25) is 11.8 Å². The molecule has 1 heterocycles. The number of amides is 1. The van der Waals surface area contributed by atoms with Crippen LogP contribution in [0.2, 0.25) is 0 Å². The van der Waals surface area contributed by atoms with Crippen LogP contribution in [0.25, 0.3) is 0 Å². The Kier molecular flexibility index (Phi) is 4.86. The third kappa shape index (κ3) is 4.12. The molecule has 1 aromatic heterocycles. The van der Waals surface area contributed by atoms with E-state index in [1.165, 1.54) is 25.3 Å². The summed E-state index contributed by atoms with van der Waals surface area (Å²) in [5, 5.41) is 3.26. The molecule has 4 aliphatic carbocycles. The summed E-state index contributed by atoms with van der Waals surface area (Å²) in [5.41, 5.74) is -0.589. The van der Waals surface area contributed by atoms with Crippen LogP contribution in [0, 0.1) is 17.8 Å². The number of rotatable bonds is 7. The minimum atomic E-state index is -0.549. The van der Waals surface area contributed by atoms with E-state index >= 15 is 0 Å². The van der Waals surface area contributed by atoms with Crippen LogP contribution < -0.4 is 20.5 Å². The third-order valence-electron chi connectivity index (χ3n) is 6.39. The Bertz CT molecular complexity index is 725. The van der Waals surface area contributed by atoms with Crippen molar-refractivity contribution in [2.24, 2.45) is 17.8 Å². The molecule has 0 aliphatic heterocycles. The van der Waals surface area contributed by atoms with Crippen molar-refractivity contribution in [2.75, 3.05) is 6.61 Å². The maximum Gasteiger partial charge on any atom is 0.351 e. The van der Waals surface area contributed by atoms with Gasteiger partial charge in [-0.3, -0.25) is 9.78 Å². The predicted octanol–water partition coefficient (Wildman–Crippen LogP) is 2.41. The molecule has 4 fully saturated rings. The van der Waals surface area contributed by atoms with E-state index in [1.807, 2.05) is 13.8 Å². The van der Waals surface area contributed by atoms with Gasteiger partial charge >= 0.3 is 5.69 Å². The number of H-pyrrole nitrogens is 1. The third-order valence-corrected chi connectivity index (χ3v) is 6.39. The van der Waals surface area contributed by atoms with E-state index in [-0.39, 0.29) is 30.0 Å². The average Bonchev–Trinajstić information content (AvgIpc) is 2.57. The highest BCUT2D eigenvalue weighted by atomic mass is 16.5. The van der Waals surface area contributed by atoms with Gasteiger partial charge in [-0.1, -0.05) is 6.92 Å². The molecule has 7 nitrogen and oxygen atoms in total. The fourth-order valence-corrected chi connectivity index (χ4v) is 5.59. The number of aromatic amines is 1. The molecular weight excluding hydrogens is 346 g/mol. The summed E-state index contributed by atoms with van der Waals surface area (Å²) in [6, 6.07) is 1.52. The lowest BCUT2D eigenvalue weighted by molar-refractivity contribution is -0.128. The predicted molar refractivity (Wildman–Crippen MR) is 99.8 cm³/mol. The van der Waals surface area contributed by atoms with Crippen molar-refractivity contribution < 1.29 is 14.3 Å². The second-order valence-corrected chi connectivity index (χ2v) is 8.76. The van der Waals surface area contributed by atoms with E-state index in [0.29, 0.717) is 5.88 Å². The van der Waals surface area contributed by atoms with Crippen LogP contribution in [0.5, 0.6) is 11.8 Å². The minimum Gasteiger partial charge on any atom is -0.476 e. The first kappa shape index (κ1) is 18.3. The van der Waals surface area contributed by atoms with Crippen LogP contribution >= 0.6 is 0 Å². The molecule has 0 saturated heterocycles. The zero-order chi connectivity index (χ0) is 19.0. The van der Waals surface area contributed by atoms with Crippen LogP contribution in [0.15, 0.2) is 10.9 Å². The van der Waals surface area contributed by atoms with Crippen molar-refractivity contribution in [3.63, 3.8) is 0 Å². The SMILES string of the molecule is CCC(C)Oc1cc(OCC(=O)NC23CC4CC(CC(C4)C2)C3)nc(=O)[nH]1. The van der Waals surface area contributed by atoms with E-state index in [0.717, 1.165) is 43.4 Å². The molecule has 1 unspecified atom stereocenters. The number of aromatic nitrogens is 2. The monoisotopic (exact) mass is 375 g/mol. The van der Waals surface area contributed by atoms with Crippen LogP contribution in [0.3, 0.4) is 0 Å². The summed E-state index contributed by atoms with van der Waals surface area (Å²) >= 11 is 0. The second kappa shape index (κ2) is 7.17. The van der Waals surface area contributed by atoms with Crippen LogP contribution in [0.1, 0.15) is 58.8 Å². The molecule has 7 heteroatoms. The van der Waals surface area contributed by atoms with Gasteiger partial charge in [-0.25, -0.2) is 4.79 Å². The Hall–Kier alpha value is -2.05. The number of nitrogens with zero attached hydrogens (tertiary/aromatic N) is 1. The lowest BCUT2D eigenvalue weighted by Gasteiger charge is -2.56. The van der Waals surface area contributed by atoms with E-state index in [1.54, 1.807) is 0 Å². The fraction of sp³-hybridized carbons (Fsp3) is 0.750. The molecule has 4 bridgehead atoms. The summed E-state index contributed by atoms with van der Waals surface area (Å²) in [6.45, 7) is 3.77. The first-order valence-electron chi connectivity index (χ1n) is 10.1. The summed E-state index contributed by atoms with van der Waals surface area (Å²) < 4.78 is 11.1. The van der Waals surface area contributed by atoms with Gasteiger partial charge in [-0.05, 0) is 69.6 Å². The molecule has 1 amide bonds. The van der Waals surface area contributed by atoms with Crippen molar-refractivity contribution in [2.45, 2.75) is 70.4 Å². The molecule has 2 N–H and O–H groups in total. The molecule has 148 valence electrons. The Labute approximate surface area is 159 Å². The first-order chi connectivity index (χ1) is 12.9. The average molecular weight is 375 g/mol. The number of hydrogen-bond donors (Lipinski definition) is 2. The highest BCUT2D eigenvalue weighted by molar-refractivity contribution is 5.78. The maximum absolute atomic E-state index is 12.5. The van der Waals surface area contributed by atoms with E-state index in [2.05, 4.69) is 15.3 Å². The van der Waals surface area contributed by atoms with Gasteiger partial charge in [-0.2, -0.15) is 4.98 Å². The molecule has 27 heavy (non-hydrogen) atoms. The van der Waals surface area contributed by atoms with Crippen molar-refractivity contribution in [1.82, 2.24) is 15.3 Å². The van der Waals surface area contributed by atoms with Gasteiger partial charge in [0.25, 0.3) is 5.91 Å². The van der Waals surface area contributed by atoms with Crippen molar-refractivity contribution in [3.05, 3.63) is 16.6 Å². The largest absolute Gasteiger partial charge is 0.476 e. The van der Waals surface area contributed by atoms with Crippen molar-refractivity contribution in [3.8, 4) is 11.8 Å². The van der Waals surface area contributed by atoms with Crippen LogP contribution in [-0.2, 0) is 4.79 Å². The zero-order valence-electron chi connectivity index (χ0n) is 16.1. The summed E-state index contributed by atoms with van der Waals surface area (Å²) in [7, 11) is 0. The molecule has 1 atom stereocenters. The van der Waals surface area contributed by atoms with Gasteiger partial charge in [0.15, 0.2) is 6.61 Å². The lowest BCUT2D eigenvalue weighted by atomic mass is 9.53. The number of nitrogens with one attached hydrogen (secondary N) is 2. The highest BCUT2D eigenvalue weighted by Gasteiger charge is 2.51. The maximum atomic E-state index is 12.5. The molecule has 0 aromatic carbocycles. The van der Waals surface area contributed by atoms with Crippen LogP contribution in [0.4, 0.5) is 0 Å². The first-order valence-corrected chi connectivity index (χ1v) is 10.1. The molecule has 4 saturated carbocycles. The molecular formula is C20H29N3O4. The molecule has 1 aromatic rings. The Morgan fingerprint density at radius 3 is 2.52 bits per heavy atom. The van der Waals surface area contributed by atoms with Gasteiger partial charge in [0.05, 0.1) is 12.2 Å². The molecule has 5 rings (SSSR count). The number of hydrogen-bond acceptors (Lipinski definition) is 5.